The molecule has 0 bridgehead atoms. The van der Waals surface area contributed by atoms with Gasteiger partial charge in [0.2, 0.25) is 0 Å². The predicted molar refractivity (Wildman–Crippen MR) is 133 cm³/mol. The molecule has 0 radical (unpaired) electrons. The third-order valence-electron chi connectivity index (χ3n) is 6.48. The SMILES string of the molecule is CCCCCCCC(C)CCCCC(=O)OC(=O)CCCCC(C)CCCCCCC. The fourth-order valence-electron chi connectivity index (χ4n) is 4.23. The number of unbranched alkanes of at least 4 members (excludes halogenated alkanes) is 10. The van der Waals surface area contributed by atoms with Crippen LogP contribution in [-0.4, -0.2) is 11.9 Å². The maximum Gasteiger partial charge on any atom is 0.313 e. The van der Waals surface area contributed by atoms with Crippen LogP contribution in [0.15, 0.2) is 0 Å². The van der Waals surface area contributed by atoms with Gasteiger partial charge in [-0.3, -0.25) is 9.59 Å². The maximum absolute atomic E-state index is 11.9. The Morgan fingerprint density at radius 2 is 0.839 bits per heavy atom. The van der Waals surface area contributed by atoms with Crippen molar-refractivity contribution in [3.63, 3.8) is 0 Å². The Balaban J connectivity index is 3.55. The molecule has 2 unspecified atom stereocenters. The first kappa shape index (κ1) is 30.1. The van der Waals surface area contributed by atoms with E-state index in [9.17, 15) is 9.59 Å². The zero-order valence-corrected chi connectivity index (χ0v) is 21.5. The van der Waals surface area contributed by atoms with E-state index in [1.165, 1.54) is 89.9 Å². The highest BCUT2D eigenvalue weighted by Gasteiger charge is 2.11. The van der Waals surface area contributed by atoms with E-state index in [4.69, 9.17) is 4.74 Å². The second kappa shape index (κ2) is 22.3. The van der Waals surface area contributed by atoms with E-state index < -0.39 is 0 Å². The Hall–Kier alpha value is -0.860. The third kappa shape index (κ3) is 22.1. The zero-order valence-electron chi connectivity index (χ0n) is 21.5. The summed E-state index contributed by atoms with van der Waals surface area (Å²) in [5.41, 5.74) is 0. The fraction of sp³-hybridized carbons (Fsp3) is 0.929. The van der Waals surface area contributed by atoms with Gasteiger partial charge in [0.1, 0.15) is 0 Å². The standard InChI is InChI=1S/C28H54O3/c1-5-7-9-11-13-19-25(3)21-15-17-23-27(29)31-28(30)24-18-16-22-26(4)20-14-12-10-8-6-2/h25-26H,5-24H2,1-4H3. The summed E-state index contributed by atoms with van der Waals surface area (Å²) in [6, 6.07) is 0. The van der Waals surface area contributed by atoms with Gasteiger partial charge in [-0.2, -0.15) is 0 Å². The number of hydrogen-bond donors (Lipinski definition) is 0. The molecule has 31 heavy (non-hydrogen) atoms. The summed E-state index contributed by atoms with van der Waals surface area (Å²) in [6.07, 6.45) is 22.9. The molecule has 0 aromatic rings. The molecular weight excluding hydrogens is 384 g/mol. The van der Waals surface area contributed by atoms with Gasteiger partial charge in [-0.1, -0.05) is 130 Å². The van der Waals surface area contributed by atoms with E-state index in [0.717, 1.165) is 37.5 Å². The molecule has 0 rings (SSSR count). The highest BCUT2D eigenvalue weighted by molar-refractivity contribution is 5.85. The summed E-state index contributed by atoms with van der Waals surface area (Å²) in [7, 11) is 0. The smallest absolute Gasteiger partial charge is 0.313 e. The molecule has 3 heteroatoms. The Kier molecular flexibility index (Phi) is 21.7. The van der Waals surface area contributed by atoms with E-state index in [-0.39, 0.29) is 11.9 Å². The van der Waals surface area contributed by atoms with Gasteiger partial charge in [-0.05, 0) is 24.7 Å². The molecule has 2 atom stereocenters. The minimum Gasteiger partial charge on any atom is -0.393 e. The van der Waals surface area contributed by atoms with E-state index in [1.54, 1.807) is 0 Å². The van der Waals surface area contributed by atoms with Gasteiger partial charge in [-0.15, -0.1) is 0 Å². The Bertz CT molecular complexity index is 380. The van der Waals surface area contributed by atoms with Crippen LogP contribution in [0.3, 0.4) is 0 Å². The minimum absolute atomic E-state index is 0.335. The van der Waals surface area contributed by atoms with Gasteiger partial charge in [0.15, 0.2) is 0 Å². The Morgan fingerprint density at radius 1 is 0.516 bits per heavy atom. The van der Waals surface area contributed by atoms with Gasteiger partial charge >= 0.3 is 11.9 Å². The molecule has 0 N–H and O–H groups in total. The molecule has 0 amide bonds. The molecule has 0 aromatic carbocycles. The number of esters is 2. The van der Waals surface area contributed by atoms with Crippen LogP contribution in [0.5, 0.6) is 0 Å². The highest BCUT2D eigenvalue weighted by atomic mass is 16.6. The average Bonchev–Trinajstić information content (AvgIpc) is 2.74. The highest BCUT2D eigenvalue weighted by Crippen LogP contribution is 2.19. The number of carbonyl (C=O) groups excluding carboxylic acids is 2. The fourth-order valence-corrected chi connectivity index (χ4v) is 4.23. The third-order valence-corrected chi connectivity index (χ3v) is 6.48. The number of carbonyl (C=O) groups is 2. The number of ether oxygens (including phenoxy) is 1. The monoisotopic (exact) mass is 438 g/mol. The second-order valence-corrected chi connectivity index (χ2v) is 9.95. The van der Waals surface area contributed by atoms with Crippen molar-refractivity contribution in [2.75, 3.05) is 0 Å². The van der Waals surface area contributed by atoms with E-state index in [2.05, 4.69) is 27.7 Å². The van der Waals surface area contributed by atoms with E-state index >= 15 is 0 Å². The topological polar surface area (TPSA) is 43.4 Å². The molecule has 0 heterocycles. The summed E-state index contributed by atoms with van der Waals surface area (Å²) in [5, 5.41) is 0. The van der Waals surface area contributed by atoms with Gasteiger partial charge in [0, 0.05) is 12.8 Å². The quantitative estimate of drug-likeness (QED) is 0.0961. The van der Waals surface area contributed by atoms with Crippen molar-refractivity contribution in [2.45, 2.75) is 156 Å². The summed E-state index contributed by atoms with van der Waals surface area (Å²) in [6.45, 7) is 9.13. The van der Waals surface area contributed by atoms with Crippen LogP contribution in [0.25, 0.3) is 0 Å². The summed E-state index contributed by atoms with van der Waals surface area (Å²) >= 11 is 0. The van der Waals surface area contributed by atoms with Gasteiger partial charge in [0.25, 0.3) is 0 Å². The zero-order chi connectivity index (χ0) is 23.2. The molecule has 0 saturated carbocycles. The predicted octanol–water partition coefficient (Wildman–Crippen LogP) is 9.17. The molecule has 0 aliphatic heterocycles. The Morgan fingerprint density at radius 3 is 1.19 bits per heavy atom. The van der Waals surface area contributed by atoms with Crippen molar-refractivity contribution in [1.29, 1.82) is 0 Å². The lowest BCUT2D eigenvalue weighted by Crippen LogP contribution is -2.12. The molecule has 0 aliphatic carbocycles. The van der Waals surface area contributed by atoms with Crippen molar-refractivity contribution >= 4 is 11.9 Å². The first-order chi connectivity index (χ1) is 15.0. The first-order valence-corrected chi connectivity index (χ1v) is 13.7. The van der Waals surface area contributed by atoms with Crippen LogP contribution in [0.1, 0.15) is 156 Å². The normalized spacial score (nSPS) is 13.2. The molecule has 0 fully saturated rings. The molecule has 0 aromatic heterocycles. The van der Waals surface area contributed by atoms with Crippen molar-refractivity contribution in [2.24, 2.45) is 11.8 Å². The number of rotatable bonds is 22. The van der Waals surface area contributed by atoms with Crippen molar-refractivity contribution in [1.82, 2.24) is 0 Å². The lowest BCUT2D eigenvalue weighted by Gasteiger charge is -2.11. The van der Waals surface area contributed by atoms with E-state index in [1.807, 2.05) is 0 Å². The average molecular weight is 439 g/mol. The van der Waals surface area contributed by atoms with Crippen molar-refractivity contribution in [3.05, 3.63) is 0 Å². The number of hydrogen-bond acceptors (Lipinski definition) is 3. The molecule has 0 saturated heterocycles. The van der Waals surface area contributed by atoms with Gasteiger partial charge < -0.3 is 4.74 Å². The van der Waals surface area contributed by atoms with Gasteiger partial charge in [0.05, 0.1) is 0 Å². The first-order valence-electron chi connectivity index (χ1n) is 13.7. The van der Waals surface area contributed by atoms with Gasteiger partial charge in [-0.25, -0.2) is 0 Å². The second-order valence-electron chi connectivity index (χ2n) is 9.95. The molecule has 184 valence electrons. The molecule has 0 aliphatic rings. The summed E-state index contributed by atoms with van der Waals surface area (Å²) in [5.74, 6) is 0.798. The van der Waals surface area contributed by atoms with Crippen LogP contribution in [0.4, 0.5) is 0 Å². The van der Waals surface area contributed by atoms with Crippen LogP contribution >= 0.6 is 0 Å². The lowest BCUT2D eigenvalue weighted by atomic mass is 9.96. The van der Waals surface area contributed by atoms with Crippen LogP contribution in [0, 0.1) is 11.8 Å². The Labute approximate surface area is 194 Å². The molecule has 3 nitrogen and oxygen atoms in total. The van der Waals surface area contributed by atoms with Crippen LogP contribution in [0.2, 0.25) is 0 Å². The largest absolute Gasteiger partial charge is 0.393 e. The van der Waals surface area contributed by atoms with Crippen LogP contribution in [-0.2, 0) is 14.3 Å². The van der Waals surface area contributed by atoms with E-state index in [0.29, 0.717) is 12.8 Å². The van der Waals surface area contributed by atoms with Crippen LogP contribution < -0.4 is 0 Å². The summed E-state index contributed by atoms with van der Waals surface area (Å²) < 4.78 is 4.99. The summed E-state index contributed by atoms with van der Waals surface area (Å²) in [4.78, 5) is 23.7. The molecular formula is C28H54O3. The van der Waals surface area contributed by atoms with Crippen molar-refractivity contribution < 1.29 is 14.3 Å². The lowest BCUT2D eigenvalue weighted by molar-refractivity contribution is -0.159. The maximum atomic E-state index is 11.9. The van der Waals surface area contributed by atoms with Crippen molar-refractivity contribution in [3.8, 4) is 0 Å². The molecule has 0 spiro atoms. The minimum atomic E-state index is -0.335.